The number of nitrogens with one attached hydrogen (secondary N) is 1. The molecule has 0 saturated carbocycles. The van der Waals surface area contributed by atoms with E-state index in [0.29, 0.717) is 17.1 Å². The fourth-order valence-electron chi connectivity index (χ4n) is 1.80. The Morgan fingerprint density at radius 1 is 1.10 bits per heavy atom. The van der Waals surface area contributed by atoms with Crippen molar-refractivity contribution in [3.8, 4) is 11.6 Å². The molecule has 0 amide bonds. The van der Waals surface area contributed by atoms with Gasteiger partial charge in [-0.1, -0.05) is 6.07 Å². The maximum absolute atomic E-state index is 8.78. The lowest BCUT2D eigenvalue weighted by Crippen LogP contribution is -2.04. The second-order valence-electron chi connectivity index (χ2n) is 4.29. The summed E-state index contributed by atoms with van der Waals surface area (Å²) in [6.45, 7) is 0. The minimum Gasteiger partial charge on any atom is -0.438 e. The van der Waals surface area contributed by atoms with Gasteiger partial charge in [0.1, 0.15) is 5.75 Å². The summed E-state index contributed by atoms with van der Waals surface area (Å²) in [6.07, 6.45) is 3.16. The van der Waals surface area contributed by atoms with Crippen molar-refractivity contribution in [3.63, 3.8) is 0 Å². The first-order valence-electron chi connectivity index (χ1n) is 6.01. The Hall–Kier alpha value is -1.87. The highest BCUT2D eigenvalue weighted by Crippen LogP contribution is 2.22. The largest absolute Gasteiger partial charge is 0.438 e. The van der Waals surface area contributed by atoms with Gasteiger partial charge in [-0.25, -0.2) is 20.4 Å². The number of aromatic nitrogens is 3. The lowest BCUT2D eigenvalue weighted by molar-refractivity contribution is 0.383. The Kier molecular flexibility index (Phi) is 3.93. The van der Waals surface area contributed by atoms with Crippen molar-refractivity contribution in [2.24, 2.45) is 0 Å². The highest BCUT2D eigenvalue weighted by molar-refractivity contribution is 7.29. The van der Waals surface area contributed by atoms with E-state index < -0.39 is 0 Å². The monoisotopic (exact) mass is 318 g/mol. The van der Waals surface area contributed by atoms with E-state index in [4.69, 9.17) is 9.94 Å². The molecule has 2 aromatic heterocycles. The maximum atomic E-state index is 8.78. The number of rotatable bonds is 3. The third-order valence-electron chi connectivity index (χ3n) is 2.79. The van der Waals surface area contributed by atoms with Crippen molar-refractivity contribution in [1.29, 1.82) is 0 Å². The van der Waals surface area contributed by atoms with Gasteiger partial charge in [0.25, 0.3) is 0 Å². The number of pyridine rings is 1. The molecule has 21 heavy (non-hydrogen) atoms. The number of ether oxygens (including phenoxy) is 1. The van der Waals surface area contributed by atoms with Crippen molar-refractivity contribution in [3.05, 3.63) is 36.7 Å². The summed E-state index contributed by atoms with van der Waals surface area (Å²) in [7, 11) is 5.27. The molecule has 0 aliphatic carbocycles. The minimum atomic E-state index is 0.126. The van der Waals surface area contributed by atoms with E-state index in [1.165, 1.54) is 0 Å². The van der Waals surface area contributed by atoms with E-state index in [1.807, 2.05) is 23.7 Å². The van der Waals surface area contributed by atoms with Crippen LogP contribution < -0.4 is 20.8 Å². The van der Waals surface area contributed by atoms with Crippen LogP contribution in [0, 0.1) is 0 Å². The summed E-state index contributed by atoms with van der Waals surface area (Å²) >= 11 is 0. The second-order valence-corrected chi connectivity index (χ2v) is 5.57. The summed E-state index contributed by atoms with van der Waals surface area (Å²) < 4.78 is 5.77. The molecule has 3 aromatic rings. The van der Waals surface area contributed by atoms with E-state index in [9.17, 15) is 0 Å². The molecule has 0 bridgehead atoms. The lowest BCUT2D eigenvalue weighted by Gasteiger charge is -2.09. The van der Waals surface area contributed by atoms with Crippen molar-refractivity contribution >= 4 is 45.9 Å². The first-order valence-corrected chi connectivity index (χ1v) is 7.17. The number of nitrogens with zero attached hydrogens (tertiary/aromatic N) is 3. The molecule has 1 aromatic carbocycles. The summed E-state index contributed by atoms with van der Waals surface area (Å²) in [6, 6.07) is 7.55. The number of hydrogen-bond donors (Lipinski definition) is 2. The average Bonchev–Trinajstić information content (AvgIpc) is 2.49. The van der Waals surface area contributed by atoms with Crippen LogP contribution in [0.2, 0.25) is 0 Å². The highest BCUT2D eigenvalue weighted by Gasteiger charge is 2.06. The molecule has 6 nitrogen and oxygen atoms in total. The zero-order valence-corrected chi connectivity index (χ0v) is 13.1. The predicted molar refractivity (Wildman–Crippen MR) is 87.9 cm³/mol. The fourth-order valence-corrected chi connectivity index (χ4v) is 2.61. The molecule has 2 N–H and O–H groups in total. The van der Waals surface area contributed by atoms with E-state index in [0.717, 1.165) is 16.0 Å². The molecule has 0 radical (unpaired) electrons. The Bertz CT molecular complexity index is 813. The molecule has 8 heteroatoms. The molecule has 2 atom stereocenters. The SMILES string of the molecule is ONc1ncc2cc(Oc3ccc(P)cc3P)ncc2n1. The molecule has 0 aliphatic heterocycles. The zero-order chi connectivity index (χ0) is 14.8. The smallest absolute Gasteiger partial charge is 0.247 e. The van der Waals surface area contributed by atoms with Crippen LogP contribution in [0.5, 0.6) is 11.6 Å². The predicted octanol–water partition coefficient (Wildman–Crippen LogP) is 1.62. The van der Waals surface area contributed by atoms with Gasteiger partial charge < -0.3 is 4.74 Å². The quantitative estimate of drug-likeness (QED) is 0.564. The minimum absolute atomic E-state index is 0.126. The molecule has 106 valence electrons. The van der Waals surface area contributed by atoms with Crippen molar-refractivity contribution in [2.45, 2.75) is 0 Å². The van der Waals surface area contributed by atoms with Crippen molar-refractivity contribution in [1.82, 2.24) is 15.0 Å². The van der Waals surface area contributed by atoms with Gasteiger partial charge in [-0.05, 0) is 17.4 Å². The number of fused-ring (bicyclic) bond motifs is 1. The Balaban J connectivity index is 1.94. The van der Waals surface area contributed by atoms with Crippen molar-refractivity contribution < 1.29 is 9.94 Å². The second kappa shape index (κ2) is 5.86. The Morgan fingerprint density at radius 2 is 1.95 bits per heavy atom. The van der Waals surface area contributed by atoms with E-state index in [-0.39, 0.29) is 5.95 Å². The Labute approximate surface area is 125 Å². The molecule has 2 heterocycles. The van der Waals surface area contributed by atoms with Crippen LogP contribution in [0.3, 0.4) is 0 Å². The Morgan fingerprint density at radius 3 is 2.71 bits per heavy atom. The molecular formula is C13H12N4O2P2. The van der Waals surface area contributed by atoms with Crippen LogP contribution in [0.15, 0.2) is 36.7 Å². The van der Waals surface area contributed by atoms with Gasteiger partial charge in [0.05, 0.1) is 11.7 Å². The summed E-state index contributed by atoms with van der Waals surface area (Å²) in [5.74, 6) is 1.30. The highest BCUT2D eigenvalue weighted by atomic mass is 31.0. The lowest BCUT2D eigenvalue weighted by atomic mass is 10.3. The molecule has 0 fully saturated rings. The summed E-state index contributed by atoms with van der Waals surface area (Å²) in [5, 5.41) is 11.6. The molecule has 0 spiro atoms. The van der Waals surface area contributed by atoms with E-state index in [1.54, 1.807) is 18.5 Å². The topological polar surface area (TPSA) is 80.2 Å². The van der Waals surface area contributed by atoms with Gasteiger partial charge in [-0.15, -0.1) is 18.5 Å². The molecule has 3 rings (SSSR count). The van der Waals surface area contributed by atoms with Gasteiger partial charge in [-0.2, -0.15) is 0 Å². The number of benzene rings is 1. The number of hydrogen-bond acceptors (Lipinski definition) is 6. The van der Waals surface area contributed by atoms with Crippen LogP contribution in [-0.2, 0) is 0 Å². The van der Waals surface area contributed by atoms with Crippen LogP contribution in [0.4, 0.5) is 5.95 Å². The van der Waals surface area contributed by atoms with Gasteiger partial charge >= 0.3 is 0 Å². The third kappa shape index (κ3) is 3.08. The van der Waals surface area contributed by atoms with Crippen molar-refractivity contribution in [2.75, 3.05) is 5.48 Å². The van der Waals surface area contributed by atoms with Crippen LogP contribution in [-0.4, -0.2) is 20.2 Å². The van der Waals surface area contributed by atoms with Gasteiger partial charge in [0.2, 0.25) is 11.8 Å². The first kappa shape index (κ1) is 14.1. The number of anilines is 1. The molecular weight excluding hydrogens is 306 g/mol. The third-order valence-corrected chi connectivity index (χ3v) is 3.60. The molecule has 0 saturated heterocycles. The van der Waals surface area contributed by atoms with E-state index in [2.05, 4.69) is 33.4 Å². The molecule has 0 aliphatic rings. The van der Waals surface area contributed by atoms with Gasteiger partial charge in [0.15, 0.2) is 0 Å². The van der Waals surface area contributed by atoms with E-state index >= 15 is 0 Å². The van der Waals surface area contributed by atoms with Crippen LogP contribution in [0.1, 0.15) is 0 Å². The van der Waals surface area contributed by atoms with Gasteiger partial charge in [-0.3, -0.25) is 5.21 Å². The normalized spacial score (nSPS) is 10.6. The van der Waals surface area contributed by atoms with Gasteiger partial charge in [0, 0.05) is 23.0 Å². The summed E-state index contributed by atoms with van der Waals surface area (Å²) in [5.41, 5.74) is 2.51. The zero-order valence-electron chi connectivity index (χ0n) is 10.8. The summed E-state index contributed by atoms with van der Waals surface area (Å²) in [4.78, 5) is 12.2. The standard InChI is InChI=1S/C13H12N4O2P2/c18-17-13-15-5-7-3-12(14-6-9(7)16-13)19-10-2-1-8(20)4-11(10)21/h1-6,18H,20-21H2,(H,15,16,17). The average molecular weight is 318 g/mol. The van der Waals surface area contributed by atoms with Crippen LogP contribution >= 0.6 is 18.5 Å². The fraction of sp³-hybridized carbons (Fsp3) is 0. The first-order chi connectivity index (χ1) is 10.2. The van der Waals surface area contributed by atoms with Crippen LogP contribution in [0.25, 0.3) is 10.9 Å². The molecule has 2 unspecified atom stereocenters. The maximum Gasteiger partial charge on any atom is 0.247 e.